The van der Waals surface area contributed by atoms with E-state index in [4.69, 9.17) is 46.4 Å². The average Bonchev–Trinajstić information content (AvgIpc) is 2.34. The summed E-state index contributed by atoms with van der Waals surface area (Å²) in [5.74, 6) is -0.941. The zero-order chi connectivity index (χ0) is 14.9. The lowest BCUT2D eigenvalue weighted by Crippen LogP contribution is -2.12. The van der Waals surface area contributed by atoms with E-state index in [0.717, 1.165) is 0 Å². The number of amides is 1. The molecule has 3 nitrogen and oxygen atoms in total. The summed E-state index contributed by atoms with van der Waals surface area (Å²) in [4.78, 5) is 12.1. The summed E-state index contributed by atoms with van der Waals surface area (Å²) < 4.78 is 0. The van der Waals surface area contributed by atoms with Crippen molar-refractivity contribution in [3.63, 3.8) is 0 Å². The first-order chi connectivity index (χ1) is 9.38. The highest BCUT2D eigenvalue weighted by Crippen LogP contribution is 2.34. The van der Waals surface area contributed by atoms with Crippen LogP contribution in [0.3, 0.4) is 0 Å². The molecular formula is C13H7Cl4NO2. The standard InChI is InChI=1S/C13H7Cl4NO2/c14-6-3-7(15)5-8(4-6)18-13(20)9-1-2-10(16)11(17)12(9)19/h1-5,19H,(H,18,20). The Kier molecular flexibility index (Phi) is 4.66. The van der Waals surface area contributed by atoms with Crippen LogP contribution in [-0.4, -0.2) is 11.0 Å². The predicted molar refractivity (Wildman–Crippen MR) is 82.5 cm³/mol. The summed E-state index contributed by atoms with van der Waals surface area (Å²) in [6.45, 7) is 0. The second-order valence-electron chi connectivity index (χ2n) is 3.87. The second kappa shape index (κ2) is 6.10. The van der Waals surface area contributed by atoms with E-state index in [-0.39, 0.29) is 21.4 Å². The molecule has 0 atom stereocenters. The van der Waals surface area contributed by atoms with E-state index in [0.29, 0.717) is 15.7 Å². The number of carbonyl (C=O) groups is 1. The van der Waals surface area contributed by atoms with Crippen LogP contribution < -0.4 is 5.32 Å². The summed E-state index contributed by atoms with van der Waals surface area (Å²) in [7, 11) is 0. The Bertz CT molecular complexity index is 668. The van der Waals surface area contributed by atoms with Crippen LogP contribution in [0.4, 0.5) is 5.69 Å². The van der Waals surface area contributed by atoms with Gasteiger partial charge in [-0.25, -0.2) is 0 Å². The van der Waals surface area contributed by atoms with Gasteiger partial charge < -0.3 is 10.4 Å². The molecule has 2 rings (SSSR count). The van der Waals surface area contributed by atoms with Crippen LogP contribution in [0.1, 0.15) is 10.4 Å². The largest absolute Gasteiger partial charge is 0.505 e. The number of rotatable bonds is 2. The number of phenolic OH excluding ortho intramolecular Hbond substituents is 1. The molecule has 104 valence electrons. The third kappa shape index (κ3) is 3.30. The summed E-state index contributed by atoms with van der Waals surface area (Å²) in [5.41, 5.74) is 0.397. The summed E-state index contributed by atoms with van der Waals surface area (Å²) in [5, 5.41) is 13.2. The van der Waals surface area contributed by atoms with Crippen molar-refractivity contribution in [2.75, 3.05) is 5.32 Å². The molecule has 0 aliphatic rings. The van der Waals surface area contributed by atoms with E-state index in [1.807, 2.05) is 0 Å². The molecule has 2 aromatic rings. The number of phenols is 1. The van der Waals surface area contributed by atoms with Crippen LogP contribution >= 0.6 is 46.4 Å². The molecule has 2 N–H and O–H groups in total. The van der Waals surface area contributed by atoms with Gasteiger partial charge in [0, 0.05) is 15.7 Å². The Balaban J connectivity index is 2.31. The quantitative estimate of drug-likeness (QED) is 0.776. The third-order valence-electron chi connectivity index (χ3n) is 2.43. The van der Waals surface area contributed by atoms with E-state index in [9.17, 15) is 9.90 Å². The zero-order valence-electron chi connectivity index (χ0n) is 9.75. The Labute approximate surface area is 135 Å². The summed E-state index contributed by atoms with van der Waals surface area (Å²) in [6, 6.07) is 7.38. The fourth-order valence-corrected chi connectivity index (χ4v) is 2.39. The van der Waals surface area contributed by atoms with Gasteiger partial charge >= 0.3 is 0 Å². The van der Waals surface area contributed by atoms with Crippen LogP contribution in [0.2, 0.25) is 20.1 Å². The molecule has 0 saturated heterocycles. The highest BCUT2D eigenvalue weighted by molar-refractivity contribution is 6.43. The molecule has 0 spiro atoms. The van der Waals surface area contributed by atoms with Crippen molar-refractivity contribution >= 4 is 58.0 Å². The van der Waals surface area contributed by atoms with E-state index in [1.54, 1.807) is 0 Å². The lowest BCUT2D eigenvalue weighted by Gasteiger charge is -2.09. The number of hydrogen-bond donors (Lipinski definition) is 2. The van der Waals surface area contributed by atoms with Gasteiger partial charge in [0.15, 0.2) is 0 Å². The number of benzene rings is 2. The third-order valence-corrected chi connectivity index (χ3v) is 3.66. The molecule has 0 bridgehead atoms. The van der Waals surface area contributed by atoms with Crippen LogP contribution in [0.25, 0.3) is 0 Å². The minimum Gasteiger partial charge on any atom is -0.505 e. The number of nitrogens with one attached hydrogen (secondary N) is 1. The molecule has 1 amide bonds. The van der Waals surface area contributed by atoms with Gasteiger partial charge in [-0.3, -0.25) is 4.79 Å². The summed E-state index contributed by atoms with van der Waals surface area (Å²) in [6.07, 6.45) is 0. The van der Waals surface area contributed by atoms with Crippen molar-refractivity contribution in [2.45, 2.75) is 0 Å². The number of anilines is 1. The minimum atomic E-state index is -0.556. The molecule has 2 aromatic carbocycles. The molecular weight excluding hydrogens is 344 g/mol. The van der Waals surface area contributed by atoms with Gasteiger partial charge in [-0.15, -0.1) is 0 Å². The number of hydrogen-bond acceptors (Lipinski definition) is 2. The first-order valence-electron chi connectivity index (χ1n) is 5.33. The Morgan fingerprint density at radius 2 is 1.60 bits per heavy atom. The Morgan fingerprint density at radius 1 is 1.00 bits per heavy atom. The first kappa shape index (κ1) is 15.3. The average molecular weight is 351 g/mol. The van der Waals surface area contributed by atoms with E-state index in [1.165, 1.54) is 30.3 Å². The number of aromatic hydroxyl groups is 1. The fraction of sp³-hybridized carbons (Fsp3) is 0. The highest BCUT2D eigenvalue weighted by atomic mass is 35.5. The van der Waals surface area contributed by atoms with Crippen molar-refractivity contribution in [1.29, 1.82) is 0 Å². The van der Waals surface area contributed by atoms with Gasteiger partial charge in [0.2, 0.25) is 0 Å². The van der Waals surface area contributed by atoms with Crippen molar-refractivity contribution in [1.82, 2.24) is 0 Å². The van der Waals surface area contributed by atoms with Crippen LogP contribution in [-0.2, 0) is 0 Å². The van der Waals surface area contributed by atoms with E-state index >= 15 is 0 Å². The molecule has 0 aliphatic carbocycles. The normalized spacial score (nSPS) is 10.4. The molecule has 0 unspecified atom stereocenters. The molecule has 0 fully saturated rings. The predicted octanol–water partition coefficient (Wildman–Crippen LogP) is 5.26. The van der Waals surface area contributed by atoms with Gasteiger partial charge in [-0.05, 0) is 30.3 Å². The lowest BCUT2D eigenvalue weighted by molar-refractivity contribution is 0.102. The van der Waals surface area contributed by atoms with Gasteiger partial charge in [-0.2, -0.15) is 0 Å². The second-order valence-corrected chi connectivity index (χ2v) is 5.53. The lowest BCUT2D eigenvalue weighted by atomic mass is 10.2. The minimum absolute atomic E-state index is 0.00417. The van der Waals surface area contributed by atoms with Crippen LogP contribution in [0, 0.1) is 0 Å². The number of halogens is 4. The van der Waals surface area contributed by atoms with E-state index < -0.39 is 5.91 Å². The topological polar surface area (TPSA) is 49.3 Å². The van der Waals surface area contributed by atoms with Crippen LogP contribution in [0.15, 0.2) is 30.3 Å². The van der Waals surface area contributed by atoms with Crippen molar-refractivity contribution in [3.05, 3.63) is 56.0 Å². The maximum absolute atomic E-state index is 12.1. The van der Waals surface area contributed by atoms with Crippen molar-refractivity contribution in [3.8, 4) is 5.75 Å². The molecule has 0 aliphatic heterocycles. The van der Waals surface area contributed by atoms with Crippen LogP contribution in [0.5, 0.6) is 5.75 Å². The van der Waals surface area contributed by atoms with Gasteiger partial charge in [-0.1, -0.05) is 46.4 Å². The van der Waals surface area contributed by atoms with Gasteiger partial charge in [0.25, 0.3) is 5.91 Å². The Morgan fingerprint density at radius 3 is 2.20 bits per heavy atom. The maximum Gasteiger partial charge on any atom is 0.259 e. The van der Waals surface area contributed by atoms with Gasteiger partial charge in [0.1, 0.15) is 10.8 Å². The number of carbonyl (C=O) groups excluding carboxylic acids is 1. The highest BCUT2D eigenvalue weighted by Gasteiger charge is 2.16. The monoisotopic (exact) mass is 349 g/mol. The van der Waals surface area contributed by atoms with Crippen molar-refractivity contribution in [2.24, 2.45) is 0 Å². The maximum atomic E-state index is 12.1. The van der Waals surface area contributed by atoms with E-state index in [2.05, 4.69) is 5.32 Å². The molecule has 7 heteroatoms. The Hall–Kier alpha value is -1.13. The smallest absolute Gasteiger partial charge is 0.259 e. The van der Waals surface area contributed by atoms with Crippen molar-refractivity contribution < 1.29 is 9.90 Å². The molecule has 0 saturated carbocycles. The molecule has 20 heavy (non-hydrogen) atoms. The molecule has 0 radical (unpaired) electrons. The molecule has 0 aromatic heterocycles. The fourth-order valence-electron chi connectivity index (χ4n) is 1.55. The zero-order valence-corrected chi connectivity index (χ0v) is 12.8. The SMILES string of the molecule is O=C(Nc1cc(Cl)cc(Cl)c1)c1ccc(Cl)c(Cl)c1O. The van der Waals surface area contributed by atoms with Gasteiger partial charge in [0.05, 0.1) is 10.6 Å². The molecule has 0 heterocycles. The first-order valence-corrected chi connectivity index (χ1v) is 6.84. The summed E-state index contributed by atoms with van der Waals surface area (Å²) >= 11 is 23.2.